The van der Waals surface area contributed by atoms with Gasteiger partial charge in [0, 0.05) is 41.9 Å². The van der Waals surface area contributed by atoms with Crippen molar-refractivity contribution in [2.24, 2.45) is 0 Å². The summed E-state index contributed by atoms with van der Waals surface area (Å²) >= 11 is 0. The van der Waals surface area contributed by atoms with Crippen LogP contribution >= 0.6 is 13.5 Å². The third kappa shape index (κ3) is 38.5. The molecule has 0 spiro atoms. The van der Waals surface area contributed by atoms with Gasteiger partial charge in [0.05, 0.1) is 0 Å². The predicted octanol–water partition coefficient (Wildman–Crippen LogP) is -4.36. The minimum absolute atomic E-state index is 0. The Balaban J connectivity index is 0. The molecule has 0 aromatic heterocycles. The summed E-state index contributed by atoms with van der Waals surface area (Å²) in [6.07, 6.45) is 0. The summed E-state index contributed by atoms with van der Waals surface area (Å²) in [7, 11) is 0. The Labute approximate surface area is 133 Å². The molecular formula is H13AgAlGaInSSeZn. The van der Waals surface area contributed by atoms with Crippen LogP contribution in [-0.4, -0.2) is 80.1 Å². The third-order valence-electron chi connectivity index (χ3n) is 0. The normalized spacial score (nSPS) is 0. The number of hydrogen-bond donors (Lipinski definition) is 0. The smallest absolute Gasteiger partial charge is 0 e. The van der Waals surface area contributed by atoms with Crippen molar-refractivity contribution in [3.8, 4) is 0 Å². The molecule has 47 valence electrons. The van der Waals surface area contributed by atoms with Crippen molar-refractivity contribution in [1.82, 2.24) is 0 Å². The molecule has 0 bridgehead atoms. The molecule has 0 heterocycles. The molecule has 7 heteroatoms. The van der Waals surface area contributed by atoms with Crippen molar-refractivity contribution >= 4 is 93.6 Å². The van der Waals surface area contributed by atoms with E-state index in [-0.39, 0.29) is 135 Å². The first-order valence-corrected chi connectivity index (χ1v) is 0. The third-order valence-corrected chi connectivity index (χ3v) is 0. The summed E-state index contributed by atoms with van der Waals surface area (Å²) in [5.41, 5.74) is 0. The van der Waals surface area contributed by atoms with Gasteiger partial charge in [-0.1, -0.05) is 0 Å². The Hall–Kier alpha value is 4.27. The van der Waals surface area contributed by atoms with Crippen molar-refractivity contribution < 1.29 is 41.9 Å². The van der Waals surface area contributed by atoms with Crippen LogP contribution in [0.25, 0.3) is 0 Å². The van der Waals surface area contributed by atoms with Crippen LogP contribution in [0.3, 0.4) is 0 Å². The first-order valence-electron chi connectivity index (χ1n) is 0. The molecule has 0 aliphatic carbocycles. The van der Waals surface area contributed by atoms with E-state index in [1.165, 1.54) is 0 Å². The van der Waals surface area contributed by atoms with Crippen LogP contribution in [0.15, 0.2) is 0 Å². The maximum atomic E-state index is 0. The summed E-state index contributed by atoms with van der Waals surface area (Å²) < 4.78 is 0. The van der Waals surface area contributed by atoms with Gasteiger partial charge in [0.25, 0.3) is 0 Å². The van der Waals surface area contributed by atoms with E-state index in [1.807, 2.05) is 0 Å². The van der Waals surface area contributed by atoms with Crippen molar-refractivity contribution in [3.05, 3.63) is 0 Å². The molecule has 0 aliphatic heterocycles. The van der Waals surface area contributed by atoms with E-state index in [9.17, 15) is 0 Å². The number of hydrogen-bond acceptors (Lipinski definition) is 0. The first-order chi connectivity index (χ1) is 0. The minimum atomic E-state index is 0. The van der Waals surface area contributed by atoms with Gasteiger partial charge in [-0.3, -0.25) is 0 Å². The van der Waals surface area contributed by atoms with Crippen molar-refractivity contribution in [1.29, 1.82) is 0 Å². The summed E-state index contributed by atoms with van der Waals surface area (Å²) in [5, 5.41) is 0. The average molecular weight is 509 g/mol. The molecule has 0 amide bonds. The topological polar surface area (TPSA) is 0 Å². The van der Waals surface area contributed by atoms with Crippen molar-refractivity contribution in [3.63, 3.8) is 0 Å². The molecule has 0 atom stereocenters. The molecule has 0 aromatic rings. The van der Waals surface area contributed by atoms with Crippen LogP contribution in [0.2, 0.25) is 0 Å². The predicted molar refractivity (Wildman–Crippen MR) is 48.7 cm³/mol. The van der Waals surface area contributed by atoms with E-state index < -0.39 is 0 Å². The zero-order chi connectivity index (χ0) is 0. The Morgan fingerprint density at radius 1 is 1.00 bits per heavy atom. The zero-order valence-electron chi connectivity index (χ0n) is 2.01. The average Bonchev–Trinajstić information content (AvgIpc) is 0. The Morgan fingerprint density at radius 3 is 1.00 bits per heavy atom. The van der Waals surface area contributed by atoms with Gasteiger partial charge in [0.2, 0.25) is 0 Å². The molecule has 1 radical (unpaired) electrons. The molecule has 0 saturated carbocycles. The second-order valence-electron chi connectivity index (χ2n) is 0. The summed E-state index contributed by atoms with van der Waals surface area (Å²) in [4.78, 5) is 0. The Bertz CT molecular complexity index is 19.7. The summed E-state index contributed by atoms with van der Waals surface area (Å²) in [6, 6.07) is 0. The van der Waals surface area contributed by atoms with Crippen LogP contribution < -0.4 is 0 Å². The molecule has 0 unspecified atom stereocenters. The fourth-order valence-corrected chi connectivity index (χ4v) is 0. The summed E-state index contributed by atoms with van der Waals surface area (Å²) in [6.45, 7) is 0. The van der Waals surface area contributed by atoms with Crippen LogP contribution in [0.5, 0.6) is 0 Å². The Kier molecular flexibility index (Phi) is 450. The van der Waals surface area contributed by atoms with Gasteiger partial charge in [-0.25, -0.2) is 0 Å². The summed E-state index contributed by atoms with van der Waals surface area (Å²) in [5.74, 6) is 0. The molecular weight excluding hydrogens is 496 g/mol. The second-order valence-corrected chi connectivity index (χ2v) is 0. The van der Waals surface area contributed by atoms with E-state index in [4.69, 9.17) is 0 Å². The van der Waals surface area contributed by atoms with E-state index >= 15 is 0 Å². The van der Waals surface area contributed by atoms with Crippen LogP contribution in [0.1, 0.15) is 0 Å². The molecule has 0 aromatic carbocycles. The Morgan fingerprint density at radius 2 is 1.00 bits per heavy atom. The van der Waals surface area contributed by atoms with E-state index in [0.29, 0.717) is 0 Å². The van der Waals surface area contributed by atoms with Gasteiger partial charge >= 0.3 is 62.7 Å². The van der Waals surface area contributed by atoms with Crippen molar-refractivity contribution in [2.75, 3.05) is 0 Å². The van der Waals surface area contributed by atoms with Crippen LogP contribution in [-0.2, 0) is 41.9 Å². The fourth-order valence-electron chi connectivity index (χ4n) is 0. The molecule has 0 nitrogen and oxygen atoms in total. The van der Waals surface area contributed by atoms with Crippen LogP contribution in [0, 0.1) is 0 Å². The molecule has 0 fully saturated rings. The maximum absolute atomic E-state index is 0. The second kappa shape index (κ2) is 48.4. The van der Waals surface area contributed by atoms with Gasteiger partial charge < -0.3 is 0 Å². The van der Waals surface area contributed by atoms with E-state index in [1.54, 1.807) is 0 Å². The maximum Gasteiger partial charge on any atom is 0 e. The SMILES string of the molecule is S.[Ag].[AlH3].[GaH3].[InH3].[SeH2].[Zn]. The molecule has 0 N–H and O–H groups in total. The minimum Gasteiger partial charge on any atom is 0 e. The standard InChI is InChI=1S/Ag.Al.Ga.In.H2S.H2Se.Zn.9H/h;;;;2*1H2;;;;;;;;;;. The number of rotatable bonds is 0. The van der Waals surface area contributed by atoms with Gasteiger partial charge in [-0.05, 0) is 0 Å². The van der Waals surface area contributed by atoms with E-state index in [2.05, 4.69) is 0 Å². The monoisotopic (exact) mass is 507 g/mol. The first kappa shape index (κ1) is 65.2. The van der Waals surface area contributed by atoms with Gasteiger partial charge in [-0.15, -0.1) is 0 Å². The molecule has 0 saturated heterocycles. The van der Waals surface area contributed by atoms with Gasteiger partial charge in [0.1, 0.15) is 0 Å². The largest absolute Gasteiger partial charge is 0 e. The quantitative estimate of drug-likeness (QED) is 0.290. The zero-order valence-corrected chi connectivity index (χ0v) is 9.56. The fraction of sp³-hybridized carbons (Fsp3) is 0. The molecule has 0 rings (SSSR count). The molecule has 7 heavy (non-hydrogen) atoms. The van der Waals surface area contributed by atoms with E-state index in [0.717, 1.165) is 0 Å². The van der Waals surface area contributed by atoms with Gasteiger partial charge in [-0.2, -0.15) is 13.5 Å². The van der Waals surface area contributed by atoms with Crippen LogP contribution in [0.4, 0.5) is 0 Å². The van der Waals surface area contributed by atoms with Crippen molar-refractivity contribution in [2.45, 2.75) is 0 Å². The molecule has 0 aliphatic rings. The van der Waals surface area contributed by atoms with Gasteiger partial charge in [0.15, 0.2) is 17.4 Å².